The molecule has 29 heavy (non-hydrogen) atoms. The highest BCUT2D eigenvalue weighted by Gasteiger charge is 2.30. The first kappa shape index (κ1) is 19.9. The number of carbonyl (C=O) groups is 2. The SMILES string of the molecule is O=C(COc1cccc(C(F)(F)F)c1)NNC(=O)c1cc2ccccc2oc1=O. The van der Waals surface area contributed by atoms with Gasteiger partial charge in [0.1, 0.15) is 16.9 Å². The summed E-state index contributed by atoms with van der Waals surface area (Å²) >= 11 is 0. The zero-order valence-corrected chi connectivity index (χ0v) is 14.6. The van der Waals surface area contributed by atoms with E-state index in [1.54, 1.807) is 24.3 Å². The molecule has 0 fully saturated rings. The molecule has 150 valence electrons. The lowest BCUT2D eigenvalue weighted by Gasteiger charge is -2.11. The normalized spacial score (nSPS) is 11.1. The van der Waals surface area contributed by atoms with Crippen LogP contribution < -0.4 is 21.2 Å². The number of halogens is 3. The molecule has 0 saturated heterocycles. The number of alkyl halides is 3. The summed E-state index contributed by atoms with van der Waals surface area (Å²) in [5.74, 6) is -1.94. The Morgan fingerprint density at radius 3 is 2.52 bits per heavy atom. The van der Waals surface area contributed by atoms with Crippen molar-refractivity contribution in [2.24, 2.45) is 0 Å². The maximum atomic E-state index is 12.7. The van der Waals surface area contributed by atoms with Gasteiger partial charge in [0.05, 0.1) is 5.56 Å². The number of hydrogen-bond donors (Lipinski definition) is 2. The van der Waals surface area contributed by atoms with Crippen LogP contribution in [-0.2, 0) is 11.0 Å². The van der Waals surface area contributed by atoms with E-state index in [4.69, 9.17) is 9.15 Å². The van der Waals surface area contributed by atoms with Gasteiger partial charge in [-0.25, -0.2) is 4.79 Å². The minimum Gasteiger partial charge on any atom is -0.484 e. The van der Waals surface area contributed by atoms with Gasteiger partial charge in [-0.15, -0.1) is 0 Å². The average molecular weight is 406 g/mol. The molecule has 3 aromatic rings. The van der Waals surface area contributed by atoms with Crippen molar-refractivity contribution in [3.8, 4) is 5.75 Å². The summed E-state index contributed by atoms with van der Waals surface area (Å²) in [6.07, 6.45) is -4.55. The highest BCUT2D eigenvalue weighted by Crippen LogP contribution is 2.31. The third-order valence-corrected chi connectivity index (χ3v) is 3.73. The van der Waals surface area contributed by atoms with E-state index in [2.05, 4.69) is 0 Å². The van der Waals surface area contributed by atoms with Crippen molar-refractivity contribution in [1.82, 2.24) is 10.9 Å². The van der Waals surface area contributed by atoms with Crippen LogP contribution in [0.1, 0.15) is 15.9 Å². The van der Waals surface area contributed by atoms with Gasteiger partial charge in [0.25, 0.3) is 11.8 Å². The predicted octanol–water partition coefficient (Wildman–Crippen LogP) is 2.65. The Kier molecular flexibility index (Phi) is 5.53. The van der Waals surface area contributed by atoms with Crippen LogP contribution in [0.5, 0.6) is 5.75 Å². The van der Waals surface area contributed by atoms with Crippen LogP contribution in [0, 0.1) is 0 Å². The summed E-state index contributed by atoms with van der Waals surface area (Å²) in [6.45, 7) is -0.659. The molecule has 1 aromatic heterocycles. The van der Waals surface area contributed by atoms with Crippen LogP contribution in [0.15, 0.2) is 63.8 Å². The van der Waals surface area contributed by atoms with E-state index in [1.165, 1.54) is 12.1 Å². The largest absolute Gasteiger partial charge is 0.484 e. The van der Waals surface area contributed by atoms with Crippen LogP contribution in [0.25, 0.3) is 11.0 Å². The minimum absolute atomic E-state index is 0.170. The van der Waals surface area contributed by atoms with Gasteiger partial charge in [-0.3, -0.25) is 20.4 Å². The number of ether oxygens (including phenoxy) is 1. The smallest absolute Gasteiger partial charge is 0.416 e. The van der Waals surface area contributed by atoms with Gasteiger partial charge in [-0.1, -0.05) is 24.3 Å². The number of hydrogen-bond acceptors (Lipinski definition) is 5. The van der Waals surface area contributed by atoms with Crippen LogP contribution >= 0.6 is 0 Å². The fraction of sp³-hybridized carbons (Fsp3) is 0.105. The van der Waals surface area contributed by atoms with Crippen LogP contribution in [0.4, 0.5) is 13.2 Å². The first-order valence-electron chi connectivity index (χ1n) is 8.16. The molecular weight excluding hydrogens is 393 g/mol. The molecule has 0 bridgehead atoms. The molecule has 1 heterocycles. The second-order valence-electron chi connectivity index (χ2n) is 5.80. The molecule has 2 amide bonds. The van der Waals surface area contributed by atoms with Gasteiger partial charge in [0.15, 0.2) is 6.61 Å². The number of nitrogens with one attached hydrogen (secondary N) is 2. The number of carbonyl (C=O) groups excluding carboxylic acids is 2. The molecule has 0 aliphatic rings. The third-order valence-electron chi connectivity index (χ3n) is 3.73. The van der Waals surface area contributed by atoms with E-state index in [0.29, 0.717) is 11.0 Å². The lowest BCUT2D eigenvalue weighted by Crippen LogP contribution is -2.45. The fourth-order valence-electron chi connectivity index (χ4n) is 2.36. The second kappa shape index (κ2) is 8.05. The fourth-order valence-corrected chi connectivity index (χ4v) is 2.36. The zero-order chi connectivity index (χ0) is 21.0. The standard InChI is InChI=1S/C19H13F3N2O5/c20-19(21,22)12-5-3-6-13(9-12)28-10-16(25)23-24-17(26)14-8-11-4-1-2-7-15(11)29-18(14)27/h1-9H,10H2,(H,23,25)(H,24,26). The van der Waals surface area contributed by atoms with E-state index >= 15 is 0 Å². The molecule has 0 spiro atoms. The Labute approximate surface area is 161 Å². The molecule has 3 rings (SSSR count). The number of benzene rings is 2. The van der Waals surface area contributed by atoms with Gasteiger partial charge in [-0.2, -0.15) is 13.2 Å². The van der Waals surface area contributed by atoms with Gasteiger partial charge >= 0.3 is 11.8 Å². The predicted molar refractivity (Wildman–Crippen MR) is 95.0 cm³/mol. The highest BCUT2D eigenvalue weighted by atomic mass is 19.4. The Hall–Kier alpha value is -3.82. The molecule has 2 aromatic carbocycles. The van der Waals surface area contributed by atoms with E-state index in [0.717, 1.165) is 18.2 Å². The molecular formula is C19H13F3N2O5. The molecule has 0 aliphatic heterocycles. The van der Waals surface area contributed by atoms with Crippen LogP contribution in [0.2, 0.25) is 0 Å². The Morgan fingerprint density at radius 1 is 1.00 bits per heavy atom. The molecule has 0 unspecified atom stereocenters. The van der Waals surface area contributed by atoms with Crippen molar-refractivity contribution in [1.29, 1.82) is 0 Å². The number of amides is 2. The Morgan fingerprint density at radius 2 is 1.76 bits per heavy atom. The number of hydrazine groups is 1. The monoisotopic (exact) mass is 406 g/mol. The van der Waals surface area contributed by atoms with Crippen molar-refractivity contribution in [3.63, 3.8) is 0 Å². The van der Waals surface area contributed by atoms with Crippen molar-refractivity contribution in [3.05, 3.63) is 76.1 Å². The maximum Gasteiger partial charge on any atom is 0.416 e. The number of para-hydroxylation sites is 1. The van der Waals surface area contributed by atoms with Crippen LogP contribution in [0.3, 0.4) is 0 Å². The van der Waals surface area contributed by atoms with E-state index in [-0.39, 0.29) is 11.3 Å². The number of rotatable bonds is 4. The molecule has 0 saturated carbocycles. The summed E-state index contributed by atoms with van der Waals surface area (Å²) in [5, 5.41) is 0.511. The van der Waals surface area contributed by atoms with Gasteiger partial charge in [-0.05, 0) is 30.3 Å². The zero-order valence-electron chi connectivity index (χ0n) is 14.6. The quantitative estimate of drug-likeness (QED) is 0.513. The average Bonchev–Trinajstić information content (AvgIpc) is 2.69. The van der Waals surface area contributed by atoms with Crippen molar-refractivity contribution < 1.29 is 31.9 Å². The number of fused-ring (bicyclic) bond motifs is 1. The summed E-state index contributed by atoms with van der Waals surface area (Å²) < 4.78 is 48.0. The molecule has 2 N–H and O–H groups in total. The summed E-state index contributed by atoms with van der Waals surface area (Å²) in [5.41, 5.74) is 2.17. The minimum atomic E-state index is -4.55. The van der Waals surface area contributed by atoms with E-state index in [9.17, 15) is 27.6 Å². The van der Waals surface area contributed by atoms with Crippen LogP contribution in [-0.4, -0.2) is 18.4 Å². The topological polar surface area (TPSA) is 97.6 Å². The summed E-state index contributed by atoms with van der Waals surface area (Å²) in [4.78, 5) is 35.7. The van der Waals surface area contributed by atoms with Crippen molar-refractivity contribution >= 4 is 22.8 Å². The van der Waals surface area contributed by atoms with Gasteiger partial charge in [0.2, 0.25) is 0 Å². The molecule has 0 atom stereocenters. The molecule has 0 radical (unpaired) electrons. The first-order chi connectivity index (χ1) is 13.7. The van der Waals surface area contributed by atoms with E-state index in [1.807, 2.05) is 10.9 Å². The first-order valence-corrected chi connectivity index (χ1v) is 8.16. The highest BCUT2D eigenvalue weighted by molar-refractivity contribution is 5.97. The van der Waals surface area contributed by atoms with Crippen molar-refractivity contribution in [2.45, 2.75) is 6.18 Å². The summed E-state index contributed by atoms with van der Waals surface area (Å²) in [6, 6.07) is 11.9. The molecule has 7 nitrogen and oxygen atoms in total. The second-order valence-corrected chi connectivity index (χ2v) is 5.80. The molecule has 0 aliphatic carbocycles. The van der Waals surface area contributed by atoms with Crippen molar-refractivity contribution in [2.75, 3.05) is 6.61 Å². The lowest BCUT2D eigenvalue weighted by molar-refractivity contribution is -0.137. The maximum absolute atomic E-state index is 12.7. The molecule has 10 heteroatoms. The summed E-state index contributed by atoms with van der Waals surface area (Å²) in [7, 11) is 0. The van der Waals surface area contributed by atoms with E-state index < -0.39 is 35.8 Å². The van der Waals surface area contributed by atoms with Gasteiger partial charge < -0.3 is 9.15 Å². The third kappa shape index (κ3) is 4.92. The lowest BCUT2D eigenvalue weighted by atomic mass is 10.2. The van der Waals surface area contributed by atoms with Gasteiger partial charge in [0, 0.05) is 5.39 Å². The Bertz CT molecular complexity index is 1120. The Balaban J connectivity index is 1.58.